The van der Waals surface area contributed by atoms with Crippen LogP contribution in [-0.4, -0.2) is 126 Å². The monoisotopic (exact) mass is 1050 g/mol. The summed E-state index contributed by atoms with van der Waals surface area (Å²) >= 11 is 0. The highest BCUT2D eigenvalue weighted by molar-refractivity contribution is 5.94. The molecule has 2 bridgehead atoms. The number of aromatic hydroxyl groups is 1. The van der Waals surface area contributed by atoms with Crippen LogP contribution < -0.4 is 25.8 Å². The molecule has 1 saturated carbocycles. The third-order valence-corrected chi connectivity index (χ3v) is 17.1. The number of piperazine rings is 1. The van der Waals surface area contributed by atoms with Gasteiger partial charge in [-0.15, -0.1) is 10.2 Å². The van der Waals surface area contributed by atoms with Crippen LogP contribution in [0.5, 0.6) is 11.6 Å². The molecule has 4 saturated heterocycles. The summed E-state index contributed by atoms with van der Waals surface area (Å²) in [5.74, 6) is 1.69. The Hall–Kier alpha value is -7.22. The van der Waals surface area contributed by atoms with Crippen molar-refractivity contribution in [3.8, 4) is 34.0 Å². The number of anilines is 3. The van der Waals surface area contributed by atoms with Crippen LogP contribution in [0, 0.1) is 11.7 Å². The van der Waals surface area contributed by atoms with Gasteiger partial charge in [-0.05, 0) is 124 Å². The van der Waals surface area contributed by atoms with E-state index in [4.69, 9.17) is 34.8 Å². The van der Waals surface area contributed by atoms with Crippen LogP contribution in [-0.2, 0) is 15.4 Å². The maximum Gasteiger partial charge on any atom is 0.254 e. The average Bonchev–Trinajstić information content (AvgIpc) is 4.30. The van der Waals surface area contributed by atoms with E-state index < -0.39 is 23.8 Å². The van der Waals surface area contributed by atoms with E-state index in [9.17, 15) is 19.4 Å². The Kier molecular flexibility index (Phi) is 13.8. The number of hydroxylamine groups is 1. The van der Waals surface area contributed by atoms with Gasteiger partial charge in [-0.25, -0.2) is 29.7 Å². The molecule has 77 heavy (non-hydrogen) atoms. The van der Waals surface area contributed by atoms with Crippen LogP contribution in [0.3, 0.4) is 0 Å². The van der Waals surface area contributed by atoms with E-state index in [1.807, 2.05) is 63.2 Å². The normalized spacial score (nSPS) is 26.3. The van der Waals surface area contributed by atoms with Gasteiger partial charge in [-0.2, -0.15) is 0 Å². The summed E-state index contributed by atoms with van der Waals surface area (Å²) in [7, 11) is 0. The highest BCUT2D eigenvalue weighted by atomic mass is 19.1. The van der Waals surface area contributed by atoms with E-state index in [0.29, 0.717) is 58.5 Å². The number of amides is 1. The predicted molar refractivity (Wildman–Crippen MR) is 288 cm³/mol. The molecule has 5 fully saturated rings. The lowest BCUT2D eigenvalue weighted by atomic mass is 9.87. The molecule has 6 atom stereocenters. The SMILES string of the molecule is CC(C)[C@@H](C(=O)N1C[C@H](O)C[C@H]1C1=N[C@@](C)(c2ccc(-c3ccccc3F)cc2)ON1)c1cc(OC2CCC(N3CCC(c4cnc(N5C6CCC5CN(c5cc(-c7ccccc7O)nnc5N)C6)nc4)CC3)CC2)no1. The highest BCUT2D eigenvalue weighted by Gasteiger charge is 2.47. The molecule has 1 amide bonds. The molecule has 12 rings (SSSR count). The average molecular weight is 1050 g/mol. The molecular formula is C58H67FN12O6. The van der Waals surface area contributed by atoms with Gasteiger partial charge in [0.25, 0.3) is 5.88 Å². The number of benzene rings is 3. The molecular weight excluding hydrogens is 980 g/mol. The number of nitrogens with one attached hydrogen (secondary N) is 1. The molecule has 402 valence electrons. The summed E-state index contributed by atoms with van der Waals surface area (Å²) in [5, 5.41) is 34.2. The smallest absolute Gasteiger partial charge is 0.254 e. The molecule has 19 heteroatoms. The summed E-state index contributed by atoms with van der Waals surface area (Å²) in [4.78, 5) is 44.5. The lowest BCUT2D eigenvalue weighted by Crippen LogP contribution is -2.54. The Labute approximate surface area is 447 Å². The van der Waals surface area contributed by atoms with E-state index in [0.717, 1.165) is 100 Å². The van der Waals surface area contributed by atoms with Crippen molar-refractivity contribution in [2.24, 2.45) is 10.9 Å². The number of piperidine rings is 1. The third-order valence-electron chi connectivity index (χ3n) is 17.1. The zero-order chi connectivity index (χ0) is 53.0. The van der Waals surface area contributed by atoms with Crippen LogP contribution >= 0.6 is 0 Å². The second-order valence-corrected chi connectivity index (χ2v) is 22.3. The molecule has 5 aliphatic heterocycles. The van der Waals surface area contributed by atoms with Crippen LogP contribution in [0.4, 0.5) is 21.8 Å². The molecule has 6 aromatic rings. The molecule has 3 aromatic carbocycles. The Balaban J connectivity index is 0.616. The number of rotatable bonds is 13. The number of β-amino-alcohol motifs (C(OH)–C–C–N with tert-alkyl or cyclic N) is 1. The van der Waals surface area contributed by atoms with Crippen molar-refractivity contribution in [3.63, 3.8) is 0 Å². The van der Waals surface area contributed by atoms with Crippen LogP contribution in [0.1, 0.15) is 107 Å². The fourth-order valence-corrected chi connectivity index (χ4v) is 12.9. The summed E-state index contributed by atoms with van der Waals surface area (Å²) in [6, 6.07) is 25.3. The first kappa shape index (κ1) is 50.6. The number of nitrogen functional groups attached to an aromatic ring is 1. The Morgan fingerprint density at radius 2 is 1.55 bits per heavy atom. The summed E-state index contributed by atoms with van der Waals surface area (Å²) in [6.07, 6.45) is 11.7. The number of phenols is 1. The molecule has 8 heterocycles. The first-order chi connectivity index (χ1) is 37.4. The fourth-order valence-electron chi connectivity index (χ4n) is 12.9. The Morgan fingerprint density at radius 1 is 0.857 bits per heavy atom. The van der Waals surface area contributed by atoms with Crippen molar-refractivity contribution < 1.29 is 33.5 Å². The maximum absolute atomic E-state index is 14.5. The Morgan fingerprint density at radius 3 is 2.25 bits per heavy atom. The fraction of sp³-hybridized carbons (Fsp3) is 0.466. The number of aliphatic hydroxyl groups excluding tert-OH is 1. The number of carbonyl (C=O) groups excluding carboxylic acids is 1. The number of aromatic nitrogens is 5. The lowest BCUT2D eigenvalue weighted by Gasteiger charge is -2.42. The van der Waals surface area contributed by atoms with E-state index in [1.54, 1.807) is 41.3 Å². The number of aliphatic imine (C=N–C) groups is 1. The minimum absolute atomic E-state index is 0.00734. The first-order valence-corrected chi connectivity index (χ1v) is 27.4. The number of halogens is 1. The summed E-state index contributed by atoms with van der Waals surface area (Å²) in [6.45, 7) is 9.51. The van der Waals surface area contributed by atoms with Crippen molar-refractivity contribution in [1.82, 2.24) is 40.6 Å². The topological polar surface area (TPSA) is 217 Å². The van der Waals surface area contributed by atoms with Crippen LogP contribution in [0.2, 0.25) is 0 Å². The predicted octanol–water partition coefficient (Wildman–Crippen LogP) is 7.95. The summed E-state index contributed by atoms with van der Waals surface area (Å²) in [5.41, 5.74) is 13.5. The largest absolute Gasteiger partial charge is 0.507 e. The van der Waals surface area contributed by atoms with Gasteiger partial charge in [0, 0.05) is 79.3 Å². The van der Waals surface area contributed by atoms with Crippen molar-refractivity contribution >= 4 is 29.2 Å². The third kappa shape index (κ3) is 10.0. The van der Waals surface area contributed by atoms with Crippen molar-refractivity contribution in [3.05, 3.63) is 120 Å². The van der Waals surface area contributed by atoms with Gasteiger partial charge >= 0.3 is 0 Å². The number of amidine groups is 1. The van der Waals surface area contributed by atoms with Gasteiger partial charge < -0.3 is 44.8 Å². The van der Waals surface area contributed by atoms with Gasteiger partial charge in [0.2, 0.25) is 17.6 Å². The number of ether oxygens (including phenoxy) is 1. The van der Waals surface area contributed by atoms with Crippen molar-refractivity contribution in [2.45, 2.75) is 132 Å². The molecule has 2 unspecified atom stereocenters. The molecule has 5 N–H and O–H groups in total. The number of hydrogen-bond donors (Lipinski definition) is 4. The molecule has 0 radical (unpaired) electrons. The molecule has 0 spiro atoms. The van der Waals surface area contributed by atoms with E-state index >= 15 is 0 Å². The van der Waals surface area contributed by atoms with Gasteiger partial charge in [-0.3, -0.25) is 4.79 Å². The van der Waals surface area contributed by atoms with Gasteiger partial charge in [0.05, 0.1) is 23.5 Å². The van der Waals surface area contributed by atoms with Crippen LogP contribution in [0.15, 0.2) is 107 Å². The van der Waals surface area contributed by atoms with Crippen molar-refractivity contribution in [1.29, 1.82) is 0 Å². The standard InChI is InChI=1S/C58H67FN12O6/c1-34(2)53(56(74)70-33-42(72)26-49(70)55-63-58(3,77-67-55)38-14-12-36(13-15-38)44-8-4-6-10-46(44)59)51-28-52(66-76-51)75-43-20-18-39(19-21-43)68-24-22-35(23-25-68)37-29-61-57(62-30-37)71-40-16-17-41(71)32-69(31-40)48-27-47(64-65-54(48)60)45-9-5-7-11-50(45)73/h4-15,27-30,34-35,39-43,49,53,72-73H,16-26,31-33H2,1-3H3,(H2,60,65)(H,63,67)/t39?,40?,41?,42-,43?,49+,53-,58-/m1/s1. The van der Waals surface area contributed by atoms with Crippen LogP contribution in [0.25, 0.3) is 22.4 Å². The molecule has 6 aliphatic rings. The highest BCUT2D eigenvalue weighted by Crippen LogP contribution is 2.41. The number of hydrogen-bond acceptors (Lipinski definition) is 17. The number of para-hydroxylation sites is 1. The number of nitrogens with two attached hydrogens (primary N) is 1. The van der Waals surface area contributed by atoms with E-state index in [1.165, 1.54) is 11.6 Å². The molecule has 18 nitrogen and oxygen atoms in total. The van der Waals surface area contributed by atoms with Gasteiger partial charge in [-0.1, -0.05) is 68.4 Å². The van der Waals surface area contributed by atoms with Gasteiger partial charge in [0.1, 0.15) is 29.4 Å². The summed E-state index contributed by atoms with van der Waals surface area (Å²) < 4.78 is 26.8. The number of fused-ring (bicyclic) bond motifs is 2. The zero-order valence-corrected chi connectivity index (χ0v) is 43.8. The minimum atomic E-state index is -1.11. The van der Waals surface area contributed by atoms with E-state index in [-0.39, 0.29) is 48.1 Å². The minimum Gasteiger partial charge on any atom is -0.507 e. The van der Waals surface area contributed by atoms with E-state index in [2.05, 4.69) is 47.9 Å². The zero-order valence-electron chi connectivity index (χ0n) is 43.8. The number of phenolic OH excluding ortho intramolecular Hbond substituents is 1. The molecule has 3 aromatic heterocycles. The molecule has 1 aliphatic carbocycles. The van der Waals surface area contributed by atoms with Gasteiger partial charge in [0.15, 0.2) is 11.6 Å². The first-order valence-electron chi connectivity index (χ1n) is 27.4. The number of aliphatic hydroxyl groups is 1. The number of nitrogens with zero attached hydrogens (tertiary/aromatic N) is 10. The second-order valence-electron chi connectivity index (χ2n) is 22.3. The Bertz CT molecular complexity index is 3090. The maximum atomic E-state index is 14.5. The lowest BCUT2D eigenvalue weighted by molar-refractivity contribution is -0.134. The second kappa shape index (κ2) is 21.0. The van der Waals surface area contributed by atoms with Crippen molar-refractivity contribution in [2.75, 3.05) is 48.3 Å². The number of carbonyl (C=O) groups is 1. The number of likely N-dealkylation sites (tertiary alicyclic amines) is 2. The quantitative estimate of drug-likeness (QED) is 0.0863.